The summed E-state index contributed by atoms with van der Waals surface area (Å²) in [6.07, 6.45) is 0. The lowest BCUT2D eigenvalue weighted by Crippen LogP contribution is -2.17. The fourth-order valence-corrected chi connectivity index (χ4v) is 3.71. The van der Waals surface area contributed by atoms with Crippen LogP contribution in [0.5, 0.6) is 0 Å². The molecule has 21 heavy (non-hydrogen) atoms. The van der Waals surface area contributed by atoms with Crippen molar-refractivity contribution in [2.75, 3.05) is 17.3 Å². The minimum absolute atomic E-state index is 0.0912. The number of halogens is 2. The molecule has 0 spiro atoms. The molecule has 0 radical (unpaired) electrons. The molecule has 0 unspecified atom stereocenters. The van der Waals surface area contributed by atoms with Gasteiger partial charge in [0.2, 0.25) is 0 Å². The van der Waals surface area contributed by atoms with Gasteiger partial charge in [0.15, 0.2) is 0 Å². The van der Waals surface area contributed by atoms with Crippen LogP contribution in [0.25, 0.3) is 0 Å². The van der Waals surface area contributed by atoms with Crippen molar-refractivity contribution in [2.24, 2.45) is 0 Å². The van der Waals surface area contributed by atoms with Crippen molar-refractivity contribution in [1.82, 2.24) is 0 Å². The van der Waals surface area contributed by atoms with Gasteiger partial charge in [0.25, 0.3) is 11.7 Å². The van der Waals surface area contributed by atoms with Crippen LogP contribution in [0.3, 0.4) is 0 Å². The summed E-state index contributed by atoms with van der Waals surface area (Å²) < 4.78 is 15.2. The second-order valence-corrected chi connectivity index (χ2v) is 6.63. The summed E-state index contributed by atoms with van der Waals surface area (Å²) >= 11 is 4.95. The second kappa shape index (κ2) is 5.23. The molecule has 0 atom stereocenters. The lowest BCUT2D eigenvalue weighted by Gasteiger charge is -2.20. The minimum Gasteiger partial charge on any atom is -0.367 e. The Morgan fingerprint density at radius 2 is 2.10 bits per heavy atom. The molecule has 2 heterocycles. The number of nitrogens with one attached hydrogen (secondary N) is 1. The van der Waals surface area contributed by atoms with E-state index >= 15 is 0 Å². The molecule has 0 bridgehead atoms. The first-order valence-corrected chi connectivity index (χ1v) is 7.76. The Morgan fingerprint density at radius 1 is 1.33 bits per heavy atom. The summed E-state index contributed by atoms with van der Waals surface area (Å²) in [5.74, 6) is -1.93. The third-order valence-corrected chi connectivity index (χ3v) is 4.89. The van der Waals surface area contributed by atoms with Crippen LogP contribution in [0.2, 0.25) is 0 Å². The summed E-state index contributed by atoms with van der Waals surface area (Å²) in [6.45, 7) is 0.536. The number of carbonyl (C=O) groups excluding carboxylic acids is 2. The first kappa shape index (κ1) is 14.2. The molecule has 0 fully saturated rings. The van der Waals surface area contributed by atoms with Crippen molar-refractivity contribution in [3.8, 4) is 0 Å². The highest BCUT2D eigenvalue weighted by atomic mass is 79.9. The van der Waals surface area contributed by atoms with E-state index in [1.807, 2.05) is 11.4 Å². The minimum atomic E-state index is -0.716. The topological polar surface area (TPSA) is 49.4 Å². The molecule has 0 saturated heterocycles. The monoisotopic (exact) mass is 368 g/mol. The quantitative estimate of drug-likeness (QED) is 0.844. The van der Waals surface area contributed by atoms with Crippen molar-refractivity contribution < 1.29 is 14.0 Å². The highest BCUT2D eigenvalue weighted by Gasteiger charge is 2.30. The van der Waals surface area contributed by atoms with Crippen LogP contribution in [0.15, 0.2) is 28.1 Å². The Bertz CT molecular complexity index is 759. The largest absolute Gasteiger partial charge is 0.367 e. The van der Waals surface area contributed by atoms with Crippen molar-refractivity contribution in [3.63, 3.8) is 0 Å². The van der Waals surface area contributed by atoms with Gasteiger partial charge in [0, 0.05) is 21.8 Å². The van der Waals surface area contributed by atoms with Crippen LogP contribution in [0.4, 0.5) is 15.8 Å². The van der Waals surface area contributed by atoms with Gasteiger partial charge < -0.3 is 10.2 Å². The van der Waals surface area contributed by atoms with Crippen LogP contribution in [0.1, 0.15) is 15.2 Å². The van der Waals surface area contributed by atoms with Gasteiger partial charge in [0.1, 0.15) is 5.82 Å². The SMILES string of the molecule is CN(Cc1cc(Br)cs1)c1cc2c(cc1F)C(=O)C(=O)N2. The van der Waals surface area contributed by atoms with E-state index in [1.54, 1.807) is 23.3 Å². The summed E-state index contributed by atoms with van der Waals surface area (Å²) in [5.41, 5.74) is 0.794. The molecule has 4 nitrogen and oxygen atoms in total. The molecule has 1 N–H and O–H groups in total. The number of Topliss-reactive ketones (excluding diaryl/α,β-unsaturated/α-hetero) is 1. The van der Waals surface area contributed by atoms with Crippen molar-refractivity contribution in [2.45, 2.75) is 6.54 Å². The summed E-state index contributed by atoms with van der Waals surface area (Å²) in [5, 5.41) is 4.41. The number of nitrogens with zero attached hydrogens (tertiary/aromatic N) is 1. The number of anilines is 2. The number of amides is 1. The van der Waals surface area contributed by atoms with Crippen molar-refractivity contribution in [3.05, 3.63) is 44.3 Å². The van der Waals surface area contributed by atoms with Gasteiger partial charge >= 0.3 is 0 Å². The number of fused-ring (bicyclic) bond motifs is 1. The standard InChI is InChI=1S/C14H10BrFN2O2S/c1-18(5-8-2-7(15)6-21-8)12-4-11-9(3-10(12)16)13(19)14(20)17-11/h2-4,6H,5H2,1H3,(H,17,19,20). The predicted molar refractivity (Wildman–Crippen MR) is 83.5 cm³/mol. The van der Waals surface area contributed by atoms with Crippen LogP contribution in [-0.2, 0) is 11.3 Å². The summed E-state index contributed by atoms with van der Waals surface area (Å²) in [6, 6.07) is 4.58. The van der Waals surface area contributed by atoms with E-state index in [-0.39, 0.29) is 5.56 Å². The maximum absolute atomic E-state index is 14.2. The number of hydrogen-bond acceptors (Lipinski definition) is 4. The molecule has 1 aromatic heterocycles. The molecule has 7 heteroatoms. The first-order chi connectivity index (χ1) is 9.95. The smallest absolute Gasteiger partial charge is 0.296 e. The summed E-state index contributed by atoms with van der Waals surface area (Å²) in [7, 11) is 1.76. The van der Waals surface area contributed by atoms with E-state index in [1.165, 1.54) is 6.07 Å². The zero-order chi connectivity index (χ0) is 15.1. The number of rotatable bonds is 3. The first-order valence-electron chi connectivity index (χ1n) is 6.09. The zero-order valence-electron chi connectivity index (χ0n) is 10.9. The van der Waals surface area contributed by atoms with Gasteiger partial charge in [-0.15, -0.1) is 11.3 Å². The Labute approximate surface area is 132 Å². The number of carbonyl (C=O) groups is 2. The van der Waals surface area contributed by atoms with E-state index in [0.717, 1.165) is 15.4 Å². The van der Waals surface area contributed by atoms with Crippen molar-refractivity contribution in [1.29, 1.82) is 0 Å². The summed E-state index contributed by atoms with van der Waals surface area (Å²) in [4.78, 5) is 25.7. The predicted octanol–water partition coefficient (Wildman–Crippen LogP) is 3.42. The zero-order valence-corrected chi connectivity index (χ0v) is 13.3. The normalized spacial score (nSPS) is 13.3. The molecule has 108 valence electrons. The van der Waals surface area contributed by atoms with E-state index in [9.17, 15) is 14.0 Å². The fraction of sp³-hybridized carbons (Fsp3) is 0.143. The van der Waals surface area contributed by atoms with Crippen LogP contribution in [0, 0.1) is 5.82 Å². The molecular formula is C14H10BrFN2O2S. The number of ketones is 1. The van der Waals surface area contributed by atoms with E-state index in [2.05, 4.69) is 21.2 Å². The maximum Gasteiger partial charge on any atom is 0.296 e. The molecule has 1 amide bonds. The van der Waals surface area contributed by atoms with Gasteiger partial charge in [-0.3, -0.25) is 9.59 Å². The Balaban J connectivity index is 1.91. The molecular weight excluding hydrogens is 359 g/mol. The molecule has 1 aliphatic heterocycles. The molecule has 2 aromatic rings. The number of hydrogen-bond donors (Lipinski definition) is 1. The van der Waals surface area contributed by atoms with Gasteiger partial charge in [-0.05, 0) is 34.1 Å². The maximum atomic E-state index is 14.2. The third-order valence-electron chi connectivity index (χ3n) is 3.21. The molecule has 3 rings (SSSR count). The lowest BCUT2D eigenvalue weighted by molar-refractivity contribution is -0.112. The van der Waals surface area contributed by atoms with E-state index in [0.29, 0.717) is 17.9 Å². The van der Waals surface area contributed by atoms with E-state index in [4.69, 9.17) is 0 Å². The van der Waals surface area contributed by atoms with Gasteiger partial charge in [0.05, 0.1) is 23.5 Å². The second-order valence-electron chi connectivity index (χ2n) is 4.72. The molecule has 1 aliphatic rings. The average molecular weight is 369 g/mol. The van der Waals surface area contributed by atoms with Gasteiger partial charge in [-0.2, -0.15) is 0 Å². The van der Waals surface area contributed by atoms with Crippen LogP contribution >= 0.6 is 27.3 Å². The average Bonchev–Trinajstić information content (AvgIpc) is 2.95. The van der Waals surface area contributed by atoms with Crippen LogP contribution in [-0.4, -0.2) is 18.7 Å². The molecule has 1 aromatic carbocycles. The highest BCUT2D eigenvalue weighted by molar-refractivity contribution is 9.10. The lowest BCUT2D eigenvalue weighted by atomic mass is 10.1. The van der Waals surface area contributed by atoms with Gasteiger partial charge in [-0.25, -0.2) is 4.39 Å². The fourth-order valence-electron chi connectivity index (χ4n) is 2.20. The van der Waals surface area contributed by atoms with Crippen molar-refractivity contribution >= 4 is 50.3 Å². The van der Waals surface area contributed by atoms with E-state index < -0.39 is 17.5 Å². The Hall–Kier alpha value is -1.73. The Morgan fingerprint density at radius 3 is 2.76 bits per heavy atom. The number of benzene rings is 1. The highest BCUT2D eigenvalue weighted by Crippen LogP contribution is 2.32. The van der Waals surface area contributed by atoms with Crippen LogP contribution < -0.4 is 10.2 Å². The third kappa shape index (κ3) is 2.58. The number of thiophene rings is 1. The molecule has 0 saturated carbocycles. The van der Waals surface area contributed by atoms with Gasteiger partial charge in [-0.1, -0.05) is 0 Å². The molecule has 0 aliphatic carbocycles. The Kier molecular flexibility index (Phi) is 3.54.